The quantitative estimate of drug-likeness (QED) is 0.487. The van der Waals surface area contributed by atoms with E-state index in [1.54, 1.807) is 18.2 Å². The Bertz CT molecular complexity index is 1160. The topological polar surface area (TPSA) is 109 Å². The van der Waals surface area contributed by atoms with E-state index in [2.05, 4.69) is 10.4 Å². The Labute approximate surface area is 172 Å². The molecular weight excluding hydrogens is 421 g/mol. The van der Waals surface area contributed by atoms with Crippen molar-refractivity contribution >= 4 is 11.6 Å². The molecule has 0 spiro atoms. The highest BCUT2D eigenvalue weighted by Gasteiger charge is 2.40. The maximum Gasteiger partial charge on any atom is 0.434 e. The zero-order valence-corrected chi connectivity index (χ0v) is 15.5. The van der Waals surface area contributed by atoms with Crippen LogP contribution in [-0.4, -0.2) is 27.4 Å². The number of ether oxygens (including phenoxy) is 2. The van der Waals surface area contributed by atoms with Crippen LogP contribution in [0, 0.1) is 10.1 Å². The Morgan fingerprint density at radius 1 is 1.16 bits per heavy atom. The number of nitrogens with one attached hydrogen (secondary N) is 1. The lowest BCUT2D eigenvalue weighted by Gasteiger charge is -2.13. The monoisotopic (exact) mass is 434 g/mol. The van der Waals surface area contributed by atoms with E-state index < -0.39 is 28.3 Å². The lowest BCUT2D eigenvalue weighted by Crippen LogP contribution is -2.26. The number of aromatic nitrogens is 2. The van der Waals surface area contributed by atoms with Gasteiger partial charge in [-0.3, -0.25) is 14.9 Å². The van der Waals surface area contributed by atoms with Crippen molar-refractivity contribution in [3.63, 3.8) is 0 Å². The molecule has 2 aromatic carbocycles. The van der Waals surface area contributed by atoms with Crippen LogP contribution in [0.25, 0.3) is 5.69 Å². The van der Waals surface area contributed by atoms with Gasteiger partial charge in [-0.15, -0.1) is 0 Å². The fourth-order valence-corrected chi connectivity index (χ4v) is 3.03. The third-order valence-corrected chi connectivity index (χ3v) is 4.48. The highest BCUT2D eigenvalue weighted by Crippen LogP contribution is 2.34. The summed E-state index contributed by atoms with van der Waals surface area (Å²) >= 11 is 0. The fourth-order valence-electron chi connectivity index (χ4n) is 3.03. The maximum atomic E-state index is 13.7. The molecule has 9 nitrogen and oxygen atoms in total. The Morgan fingerprint density at radius 3 is 2.55 bits per heavy atom. The molecule has 0 bridgehead atoms. The van der Waals surface area contributed by atoms with Crippen LogP contribution < -0.4 is 14.8 Å². The van der Waals surface area contributed by atoms with Crippen LogP contribution in [0.2, 0.25) is 0 Å². The molecule has 1 amide bonds. The molecule has 0 unspecified atom stereocenters. The van der Waals surface area contributed by atoms with Gasteiger partial charge in [0, 0.05) is 18.7 Å². The number of non-ortho nitro benzene ring substituents is 1. The SMILES string of the molecule is O=C(NCc1ccc2c(c1)OCO2)c1cnn(-c2ccc([N+](=O)[O-])cc2)c1C(F)(F)F. The van der Waals surface area contributed by atoms with Gasteiger partial charge in [0.25, 0.3) is 11.6 Å². The number of hydrogen-bond donors (Lipinski definition) is 1. The van der Waals surface area contributed by atoms with E-state index in [0.29, 0.717) is 21.7 Å². The lowest BCUT2D eigenvalue weighted by atomic mass is 10.1. The molecule has 31 heavy (non-hydrogen) atoms. The average Bonchev–Trinajstić information content (AvgIpc) is 3.38. The van der Waals surface area contributed by atoms with Crippen LogP contribution in [0.1, 0.15) is 21.6 Å². The minimum atomic E-state index is -4.90. The van der Waals surface area contributed by atoms with Crippen LogP contribution >= 0.6 is 0 Å². The van der Waals surface area contributed by atoms with E-state index in [1.165, 1.54) is 0 Å². The summed E-state index contributed by atoms with van der Waals surface area (Å²) in [6.07, 6.45) is -4.09. The first kappa shape index (κ1) is 20.2. The van der Waals surface area contributed by atoms with Crippen LogP contribution in [0.3, 0.4) is 0 Å². The van der Waals surface area contributed by atoms with Gasteiger partial charge in [-0.2, -0.15) is 18.3 Å². The summed E-state index contributed by atoms with van der Waals surface area (Å²) in [4.78, 5) is 22.6. The largest absolute Gasteiger partial charge is 0.454 e. The zero-order chi connectivity index (χ0) is 22.2. The molecule has 12 heteroatoms. The van der Waals surface area contributed by atoms with Crippen molar-refractivity contribution in [1.29, 1.82) is 0 Å². The Morgan fingerprint density at radius 2 is 1.87 bits per heavy atom. The summed E-state index contributed by atoms with van der Waals surface area (Å²) in [6.45, 7) is 0.0252. The number of amides is 1. The minimum absolute atomic E-state index is 0.0461. The summed E-state index contributed by atoms with van der Waals surface area (Å²) in [5.41, 5.74) is -1.72. The molecule has 0 fully saturated rings. The maximum absolute atomic E-state index is 13.7. The highest BCUT2D eigenvalue weighted by atomic mass is 19.4. The number of benzene rings is 2. The number of fused-ring (bicyclic) bond motifs is 1. The first-order valence-electron chi connectivity index (χ1n) is 8.81. The standard InChI is InChI=1S/C19H13F3N4O5/c20-19(21,22)17-14(9-24-25(17)12-2-4-13(5-3-12)26(28)29)18(27)23-8-11-1-6-15-16(7-11)31-10-30-15/h1-7,9H,8,10H2,(H,23,27). The van der Waals surface area contributed by atoms with Gasteiger partial charge in [-0.1, -0.05) is 6.07 Å². The number of nitro benzene ring substituents is 1. The first-order chi connectivity index (χ1) is 14.7. The normalized spacial score (nSPS) is 12.6. The summed E-state index contributed by atoms with van der Waals surface area (Å²) in [5.74, 6) is 0.0469. The molecule has 0 radical (unpaired) electrons. The number of carbonyl (C=O) groups is 1. The number of rotatable bonds is 5. The average molecular weight is 434 g/mol. The van der Waals surface area contributed by atoms with Crippen molar-refractivity contribution in [3.8, 4) is 17.2 Å². The lowest BCUT2D eigenvalue weighted by molar-refractivity contribution is -0.384. The summed E-state index contributed by atoms with van der Waals surface area (Å²) < 4.78 is 52.1. The Balaban J connectivity index is 1.59. The second-order valence-corrected chi connectivity index (χ2v) is 6.46. The van der Waals surface area contributed by atoms with Crippen molar-refractivity contribution in [2.75, 3.05) is 6.79 Å². The number of halogens is 3. The van der Waals surface area contributed by atoms with E-state index in [-0.39, 0.29) is 24.7 Å². The molecule has 1 N–H and O–H groups in total. The van der Waals surface area contributed by atoms with Gasteiger partial charge in [-0.05, 0) is 29.8 Å². The molecule has 2 heterocycles. The molecule has 3 aromatic rings. The second-order valence-electron chi connectivity index (χ2n) is 6.46. The third kappa shape index (κ3) is 3.99. The predicted molar refractivity (Wildman–Crippen MR) is 99.0 cm³/mol. The Kier molecular flexibility index (Phi) is 4.97. The van der Waals surface area contributed by atoms with Crippen molar-refractivity contribution < 1.29 is 32.4 Å². The molecule has 0 saturated carbocycles. The van der Waals surface area contributed by atoms with E-state index in [0.717, 1.165) is 30.5 Å². The summed E-state index contributed by atoms with van der Waals surface area (Å²) in [7, 11) is 0. The van der Waals surface area contributed by atoms with Gasteiger partial charge >= 0.3 is 6.18 Å². The number of alkyl halides is 3. The number of nitro groups is 1. The smallest absolute Gasteiger partial charge is 0.434 e. The van der Waals surface area contributed by atoms with Gasteiger partial charge in [-0.25, -0.2) is 4.68 Å². The van der Waals surface area contributed by atoms with Gasteiger partial charge in [0.05, 0.1) is 22.4 Å². The van der Waals surface area contributed by atoms with Crippen molar-refractivity contribution in [1.82, 2.24) is 15.1 Å². The fraction of sp³-hybridized carbons (Fsp3) is 0.158. The van der Waals surface area contributed by atoms with E-state index in [4.69, 9.17) is 9.47 Å². The predicted octanol–water partition coefficient (Wildman–Crippen LogP) is 3.46. The number of nitrogens with zero attached hydrogens (tertiary/aromatic N) is 3. The first-order valence-corrected chi connectivity index (χ1v) is 8.81. The molecule has 4 rings (SSSR count). The minimum Gasteiger partial charge on any atom is -0.454 e. The molecule has 0 saturated heterocycles. The molecule has 0 aliphatic carbocycles. The second kappa shape index (κ2) is 7.63. The van der Waals surface area contributed by atoms with Crippen molar-refractivity contribution in [2.45, 2.75) is 12.7 Å². The molecule has 160 valence electrons. The molecule has 0 atom stereocenters. The number of hydrogen-bond acceptors (Lipinski definition) is 6. The van der Waals surface area contributed by atoms with E-state index in [1.807, 2.05) is 0 Å². The zero-order valence-electron chi connectivity index (χ0n) is 15.5. The van der Waals surface area contributed by atoms with Gasteiger partial charge in [0.15, 0.2) is 17.2 Å². The van der Waals surface area contributed by atoms with Gasteiger partial charge in [0.2, 0.25) is 6.79 Å². The van der Waals surface area contributed by atoms with Crippen LogP contribution in [0.15, 0.2) is 48.7 Å². The Hall–Kier alpha value is -4.09. The molecule has 1 aliphatic rings. The summed E-state index contributed by atoms with van der Waals surface area (Å²) in [6, 6.07) is 9.25. The summed E-state index contributed by atoms with van der Waals surface area (Å²) in [5, 5.41) is 16.9. The van der Waals surface area contributed by atoms with Crippen LogP contribution in [-0.2, 0) is 12.7 Å². The molecular formula is C19H13F3N4O5. The number of carbonyl (C=O) groups excluding carboxylic acids is 1. The van der Waals surface area contributed by atoms with Gasteiger partial charge < -0.3 is 14.8 Å². The molecule has 1 aromatic heterocycles. The molecule has 1 aliphatic heterocycles. The van der Waals surface area contributed by atoms with Crippen LogP contribution in [0.4, 0.5) is 18.9 Å². The van der Waals surface area contributed by atoms with E-state index >= 15 is 0 Å². The van der Waals surface area contributed by atoms with Crippen molar-refractivity contribution in [3.05, 3.63) is 75.6 Å². The highest BCUT2D eigenvalue weighted by molar-refractivity contribution is 5.95. The van der Waals surface area contributed by atoms with E-state index in [9.17, 15) is 28.1 Å². The third-order valence-electron chi connectivity index (χ3n) is 4.48. The van der Waals surface area contributed by atoms with Crippen molar-refractivity contribution in [2.24, 2.45) is 0 Å². The van der Waals surface area contributed by atoms with Gasteiger partial charge in [0.1, 0.15) is 0 Å². The van der Waals surface area contributed by atoms with Crippen LogP contribution in [0.5, 0.6) is 11.5 Å².